The number of nitrogens with one attached hydrogen (secondary N) is 1. The van der Waals surface area contributed by atoms with Gasteiger partial charge in [-0.05, 0) is 26.6 Å². The summed E-state index contributed by atoms with van der Waals surface area (Å²) < 4.78 is 37.9. The quantitative estimate of drug-likeness (QED) is 0.588. The van der Waals surface area contributed by atoms with E-state index in [0.29, 0.717) is 35.0 Å². The van der Waals surface area contributed by atoms with Crippen molar-refractivity contribution in [1.82, 2.24) is 30.4 Å². The maximum Gasteiger partial charge on any atom is 0.419 e. The molecule has 4 rings (SSSR count). The fourth-order valence-electron chi connectivity index (χ4n) is 3.42. The topological polar surface area (TPSA) is 113 Å². The van der Waals surface area contributed by atoms with E-state index in [1.165, 1.54) is 11.3 Å². The predicted molar refractivity (Wildman–Crippen MR) is 114 cm³/mol. The molecule has 1 saturated heterocycles. The normalized spacial score (nSPS) is 14.8. The molecule has 0 atom stereocenters. The number of aromatic nitrogens is 4. The summed E-state index contributed by atoms with van der Waals surface area (Å²) in [6.45, 7) is 3.28. The van der Waals surface area contributed by atoms with Crippen molar-refractivity contribution in [3.05, 3.63) is 34.1 Å². The van der Waals surface area contributed by atoms with Crippen LogP contribution in [0.25, 0.3) is 10.2 Å². The first kappa shape index (κ1) is 22.1. The fourth-order valence-corrected chi connectivity index (χ4v) is 4.43. The first-order valence-corrected chi connectivity index (χ1v) is 10.5. The summed E-state index contributed by atoms with van der Waals surface area (Å²) in [5, 5.41) is 12.1. The maximum absolute atomic E-state index is 12.8. The molecule has 0 radical (unpaired) electrons. The number of carbonyl (C=O) groups excluding carboxylic acids is 1. The van der Waals surface area contributed by atoms with E-state index in [0.717, 1.165) is 29.0 Å². The van der Waals surface area contributed by atoms with Gasteiger partial charge in [-0.3, -0.25) is 4.79 Å². The molecule has 4 heterocycles. The maximum atomic E-state index is 12.8. The van der Waals surface area contributed by atoms with Crippen LogP contribution in [-0.4, -0.2) is 64.2 Å². The summed E-state index contributed by atoms with van der Waals surface area (Å²) in [6, 6.07) is -0.200. The Morgan fingerprint density at radius 2 is 1.94 bits per heavy atom. The number of alkyl halides is 3. The van der Waals surface area contributed by atoms with E-state index in [-0.39, 0.29) is 17.9 Å². The smallest absolute Gasteiger partial charge is 0.397 e. The third-order valence-corrected chi connectivity index (χ3v) is 6.22. The Balaban J connectivity index is 1.43. The third kappa shape index (κ3) is 4.17. The lowest BCUT2D eigenvalue weighted by Crippen LogP contribution is -2.59. The SMILES string of the molecule is Cc1c(CN(C)C)nnc2sc(C(=O)NC3CN(c4ncc(C(F)(F)F)cn4)C3)c(N)c12. The van der Waals surface area contributed by atoms with Gasteiger partial charge in [0, 0.05) is 37.4 Å². The number of halogens is 3. The molecule has 0 saturated carbocycles. The Kier molecular flexibility index (Phi) is 5.63. The van der Waals surface area contributed by atoms with E-state index in [4.69, 9.17) is 5.73 Å². The summed E-state index contributed by atoms with van der Waals surface area (Å²) >= 11 is 1.18. The molecular weight excluding hydrogens is 445 g/mol. The van der Waals surface area contributed by atoms with Gasteiger partial charge in [-0.1, -0.05) is 0 Å². The van der Waals surface area contributed by atoms with Gasteiger partial charge in [0.25, 0.3) is 5.91 Å². The molecule has 13 heteroatoms. The number of nitrogens with zero attached hydrogens (tertiary/aromatic N) is 6. The van der Waals surface area contributed by atoms with Gasteiger partial charge >= 0.3 is 6.18 Å². The molecule has 3 N–H and O–H groups in total. The van der Waals surface area contributed by atoms with Crippen molar-refractivity contribution in [3.8, 4) is 0 Å². The van der Waals surface area contributed by atoms with Crippen molar-refractivity contribution in [2.24, 2.45) is 0 Å². The van der Waals surface area contributed by atoms with E-state index in [9.17, 15) is 18.0 Å². The second-order valence-electron chi connectivity index (χ2n) is 7.88. The van der Waals surface area contributed by atoms with Crippen LogP contribution in [0.5, 0.6) is 0 Å². The fraction of sp³-hybridized carbons (Fsp3) is 0.421. The van der Waals surface area contributed by atoms with Crippen LogP contribution in [0.15, 0.2) is 12.4 Å². The minimum Gasteiger partial charge on any atom is -0.397 e. The Morgan fingerprint density at radius 3 is 2.53 bits per heavy atom. The highest BCUT2D eigenvalue weighted by Crippen LogP contribution is 2.35. The van der Waals surface area contributed by atoms with Crippen LogP contribution >= 0.6 is 11.3 Å². The third-order valence-electron chi connectivity index (χ3n) is 5.13. The van der Waals surface area contributed by atoms with Crippen molar-refractivity contribution < 1.29 is 18.0 Å². The molecule has 1 amide bonds. The number of nitrogen functional groups attached to an aromatic ring is 1. The van der Waals surface area contributed by atoms with E-state index < -0.39 is 11.7 Å². The highest BCUT2D eigenvalue weighted by atomic mass is 32.1. The summed E-state index contributed by atoms with van der Waals surface area (Å²) in [5.41, 5.74) is 7.45. The Morgan fingerprint density at radius 1 is 1.28 bits per heavy atom. The predicted octanol–water partition coefficient (Wildman–Crippen LogP) is 2.07. The number of carbonyl (C=O) groups is 1. The molecule has 1 fully saturated rings. The first-order chi connectivity index (χ1) is 15.0. The molecule has 0 bridgehead atoms. The number of fused-ring (bicyclic) bond motifs is 1. The lowest BCUT2D eigenvalue weighted by molar-refractivity contribution is -0.138. The van der Waals surface area contributed by atoms with Gasteiger partial charge in [-0.2, -0.15) is 18.3 Å². The van der Waals surface area contributed by atoms with Gasteiger partial charge in [0.15, 0.2) is 0 Å². The minimum absolute atomic E-state index is 0.184. The van der Waals surface area contributed by atoms with Crippen LogP contribution in [0, 0.1) is 6.92 Å². The van der Waals surface area contributed by atoms with Gasteiger partial charge in [-0.15, -0.1) is 16.4 Å². The van der Waals surface area contributed by atoms with Crippen molar-refractivity contribution in [2.45, 2.75) is 25.7 Å². The summed E-state index contributed by atoms with van der Waals surface area (Å²) in [5.74, 6) is -0.138. The summed E-state index contributed by atoms with van der Waals surface area (Å²) in [4.78, 5) is 24.9. The summed E-state index contributed by atoms with van der Waals surface area (Å²) in [7, 11) is 3.86. The molecular formula is C19H21F3N8OS. The van der Waals surface area contributed by atoms with E-state index in [1.807, 2.05) is 25.9 Å². The van der Waals surface area contributed by atoms with Gasteiger partial charge in [-0.25, -0.2) is 9.97 Å². The molecule has 170 valence electrons. The van der Waals surface area contributed by atoms with Crippen LogP contribution in [0.2, 0.25) is 0 Å². The highest BCUT2D eigenvalue weighted by Gasteiger charge is 2.34. The number of amides is 1. The molecule has 0 aliphatic carbocycles. The van der Waals surface area contributed by atoms with Crippen LogP contribution in [-0.2, 0) is 12.7 Å². The van der Waals surface area contributed by atoms with Gasteiger partial charge in [0.1, 0.15) is 9.71 Å². The number of nitrogens with two attached hydrogens (primary N) is 1. The zero-order chi connectivity index (χ0) is 23.2. The Hall–Kier alpha value is -3.06. The number of hydrogen-bond acceptors (Lipinski definition) is 9. The van der Waals surface area contributed by atoms with Crippen molar-refractivity contribution >= 4 is 39.1 Å². The highest BCUT2D eigenvalue weighted by molar-refractivity contribution is 7.21. The van der Waals surface area contributed by atoms with E-state index >= 15 is 0 Å². The molecule has 9 nitrogen and oxygen atoms in total. The van der Waals surface area contributed by atoms with E-state index in [1.54, 1.807) is 4.90 Å². The number of anilines is 2. The standard InChI is InChI=1S/C19H21F3N8OS/c1-9-12(8-29(2)3)27-28-17-13(9)14(23)15(32-17)16(31)26-11-6-30(7-11)18-24-4-10(5-25-18)19(20,21)22/h4-5,11H,6-8,23H2,1-3H3,(H,26,31). The van der Waals surface area contributed by atoms with Crippen LogP contribution in [0.4, 0.5) is 24.8 Å². The van der Waals surface area contributed by atoms with Crippen molar-refractivity contribution in [3.63, 3.8) is 0 Å². The summed E-state index contributed by atoms with van der Waals surface area (Å²) in [6.07, 6.45) is -2.98. The number of aryl methyl sites for hydroxylation is 1. The monoisotopic (exact) mass is 466 g/mol. The first-order valence-electron chi connectivity index (χ1n) is 9.68. The number of thiophene rings is 1. The Labute approximate surface area is 185 Å². The number of rotatable bonds is 5. The molecule has 32 heavy (non-hydrogen) atoms. The molecule has 0 aromatic carbocycles. The van der Waals surface area contributed by atoms with Gasteiger partial charge in [0.05, 0.1) is 23.0 Å². The van der Waals surface area contributed by atoms with Crippen LogP contribution in [0.1, 0.15) is 26.5 Å². The molecule has 0 unspecified atom stereocenters. The Bertz CT molecular complexity index is 1160. The van der Waals surface area contributed by atoms with Crippen LogP contribution in [0.3, 0.4) is 0 Å². The zero-order valence-electron chi connectivity index (χ0n) is 17.6. The van der Waals surface area contributed by atoms with Crippen molar-refractivity contribution in [1.29, 1.82) is 0 Å². The molecule has 1 aliphatic heterocycles. The van der Waals surface area contributed by atoms with Gasteiger partial charge < -0.3 is 20.9 Å². The van der Waals surface area contributed by atoms with Crippen molar-refractivity contribution in [2.75, 3.05) is 37.8 Å². The minimum atomic E-state index is -4.48. The second kappa shape index (κ2) is 8.13. The van der Waals surface area contributed by atoms with E-state index in [2.05, 4.69) is 25.5 Å². The zero-order valence-corrected chi connectivity index (χ0v) is 18.4. The number of hydrogen-bond donors (Lipinski definition) is 2. The molecule has 0 spiro atoms. The average Bonchev–Trinajstić information content (AvgIpc) is 3.03. The molecule has 1 aliphatic rings. The molecule has 3 aromatic heterocycles. The van der Waals surface area contributed by atoms with Crippen LogP contribution < -0.4 is 16.0 Å². The second-order valence-corrected chi connectivity index (χ2v) is 8.88. The lowest BCUT2D eigenvalue weighted by Gasteiger charge is -2.39. The average molecular weight is 466 g/mol. The van der Waals surface area contributed by atoms with Gasteiger partial charge in [0.2, 0.25) is 5.95 Å². The molecule has 3 aromatic rings. The lowest BCUT2D eigenvalue weighted by atomic mass is 10.1. The largest absolute Gasteiger partial charge is 0.419 e.